The van der Waals surface area contributed by atoms with Crippen LogP contribution in [0.5, 0.6) is 0 Å². The minimum absolute atomic E-state index is 0.144. The maximum atomic E-state index is 4.57. The van der Waals surface area contributed by atoms with Crippen LogP contribution in [0.25, 0.3) is 17.0 Å². The molecule has 3 rings (SSSR count). The normalized spacial score (nSPS) is 12.9. The minimum atomic E-state index is -0.144. The molecule has 0 aliphatic heterocycles. The summed E-state index contributed by atoms with van der Waals surface area (Å²) < 4.78 is 0. The summed E-state index contributed by atoms with van der Waals surface area (Å²) in [6, 6.07) is 18.9. The molecule has 0 aliphatic rings. The number of aromatic nitrogens is 1. The van der Waals surface area contributed by atoms with Crippen molar-refractivity contribution in [1.82, 2.24) is 4.98 Å². The highest BCUT2D eigenvalue weighted by Gasteiger charge is 2.26. The summed E-state index contributed by atoms with van der Waals surface area (Å²) in [6.45, 7) is 6.61. The van der Waals surface area contributed by atoms with Crippen molar-refractivity contribution in [2.45, 2.75) is 26.2 Å². The first kappa shape index (κ1) is 17.1. The smallest absolute Gasteiger partial charge is 0.0702 e. The number of nitrogens with zero attached hydrogens (tertiary/aromatic N) is 2. The van der Waals surface area contributed by atoms with Crippen LogP contribution in [0.2, 0.25) is 0 Å². The number of hydrogen-bond acceptors (Lipinski definition) is 2. The molecule has 126 valence electrons. The molecule has 0 bridgehead atoms. The van der Waals surface area contributed by atoms with Crippen LogP contribution in [-0.4, -0.2) is 17.7 Å². The zero-order chi connectivity index (χ0) is 17.9. The van der Waals surface area contributed by atoms with E-state index in [2.05, 4.69) is 91.4 Å². The second-order valence-electron chi connectivity index (χ2n) is 6.84. The number of fused-ring (bicyclic) bond motifs is 1. The molecule has 1 aromatic heterocycles. The Morgan fingerprint density at radius 2 is 1.84 bits per heavy atom. The van der Waals surface area contributed by atoms with Gasteiger partial charge in [-0.3, -0.25) is 9.98 Å². The summed E-state index contributed by atoms with van der Waals surface area (Å²) in [5, 5.41) is 1.15. The first-order valence-corrected chi connectivity index (χ1v) is 8.58. The Bertz CT molecular complexity index is 949. The fraction of sp³-hybridized carbons (Fsp3) is 0.217. The Morgan fingerprint density at radius 1 is 1.04 bits per heavy atom. The monoisotopic (exact) mass is 328 g/mol. The molecule has 3 aromatic rings. The largest absolute Gasteiger partial charge is 0.292 e. The summed E-state index contributed by atoms with van der Waals surface area (Å²) in [5.74, 6) is 0. The van der Waals surface area contributed by atoms with Crippen molar-refractivity contribution in [1.29, 1.82) is 0 Å². The molecule has 0 N–H and O–H groups in total. The van der Waals surface area contributed by atoms with Gasteiger partial charge in [0, 0.05) is 29.8 Å². The Labute approximate surface area is 150 Å². The number of hydrogen-bond donors (Lipinski definition) is 0. The molecule has 2 heteroatoms. The van der Waals surface area contributed by atoms with Crippen molar-refractivity contribution in [3.05, 3.63) is 83.6 Å². The predicted molar refractivity (Wildman–Crippen MR) is 108 cm³/mol. The third-order valence-electron chi connectivity index (χ3n) is 4.76. The van der Waals surface area contributed by atoms with Crippen LogP contribution < -0.4 is 0 Å². The molecule has 2 aromatic carbocycles. The van der Waals surface area contributed by atoms with Crippen LogP contribution in [0.15, 0.2) is 71.9 Å². The van der Waals surface area contributed by atoms with E-state index in [-0.39, 0.29) is 5.41 Å². The standard InChI is InChI=1S/C23H24N2/c1-17-8-5-6-10-20(17)23(2,3)22(24-4)14-12-18-11-13-21-19(16-18)9-7-15-25-21/h5-16H,1-4H3/b14-12+,24-22+. The molecular formula is C23H24N2. The Kier molecular flexibility index (Phi) is 4.80. The van der Waals surface area contributed by atoms with E-state index in [1.54, 1.807) is 0 Å². The van der Waals surface area contributed by atoms with Crippen LogP contribution in [-0.2, 0) is 5.41 Å². The van der Waals surface area contributed by atoms with Gasteiger partial charge in [0.25, 0.3) is 0 Å². The SMILES string of the molecule is C/N=C(\C=C\c1ccc2ncccc2c1)C(C)(C)c1ccccc1C. The number of pyridine rings is 1. The van der Waals surface area contributed by atoms with E-state index in [4.69, 9.17) is 0 Å². The van der Waals surface area contributed by atoms with Gasteiger partial charge < -0.3 is 0 Å². The van der Waals surface area contributed by atoms with Gasteiger partial charge >= 0.3 is 0 Å². The van der Waals surface area contributed by atoms with Crippen molar-refractivity contribution in [2.24, 2.45) is 4.99 Å². The molecule has 0 unspecified atom stereocenters. The van der Waals surface area contributed by atoms with Crippen LogP contribution in [0.3, 0.4) is 0 Å². The highest BCUT2D eigenvalue weighted by atomic mass is 14.7. The van der Waals surface area contributed by atoms with E-state index < -0.39 is 0 Å². The molecular weight excluding hydrogens is 304 g/mol. The van der Waals surface area contributed by atoms with Gasteiger partial charge in [0.05, 0.1) is 5.52 Å². The van der Waals surface area contributed by atoms with Crippen LogP contribution >= 0.6 is 0 Å². The molecule has 0 saturated heterocycles. The summed E-state index contributed by atoms with van der Waals surface area (Å²) >= 11 is 0. The van der Waals surface area contributed by atoms with Crippen LogP contribution in [0.1, 0.15) is 30.5 Å². The number of aryl methyl sites for hydroxylation is 1. The van der Waals surface area contributed by atoms with Crippen molar-refractivity contribution in [2.75, 3.05) is 7.05 Å². The lowest BCUT2D eigenvalue weighted by atomic mass is 9.77. The van der Waals surface area contributed by atoms with Crippen molar-refractivity contribution in [3.8, 4) is 0 Å². The summed E-state index contributed by atoms with van der Waals surface area (Å²) in [7, 11) is 1.87. The van der Waals surface area contributed by atoms with Gasteiger partial charge in [-0.2, -0.15) is 0 Å². The number of aliphatic imine (C=N–C) groups is 1. The number of rotatable bonds is 4. The number of benzene rings is 2. The van der Waals surface area contributed by atoms with Gasteiger partial charge in [-0.05, 0) is 47.9 Å². The molecule has 0 radical (unpaired) electrons. The topological polar surface area (TPSA) is 25.2 Å². The van der Waals surface area contributed by atoms with Gasteiger partial charge in [0.2, 0.25) is 0 Å². The highest BCUT2D eigenvalue weighted by molar-refractivity contribution is 6.05. The van der Waals surface area contributed by atoms with Crippen LogP contribution in [0, 0.1) is 6.92 Å². The fourth-order valence-corrected chi connectivity index (χ4v) is 3.35. The summed E-state index contributed by atoms with van der Waals surface area (Å²) in [6.07, 6.45) is 6.09. The molecule has 0 aliphatic carbocycles. The molecule has 2 nitrogen and oxygen atoms in total. The Morgan fingerprint density at radius 3 is 2.60 bits per heavy atom. The van der Waals surface area contributed by atoms with E-state index in [9.17, 15) is 0 Å². The third-order valence-corrected chi connectivity index (χ3v) is 4.76. The van der Waals surface area contributed by atoms with Gasteiger partial charge in [0.1, 0.15) is 0 Å². The van der Waals surface area contributed by atoms with E-state index in [0.717, 1.165) is 22.2 Å². The molecule has 0 fully saturated rings. The van der Waals surface area contributed by atoms with Crippen molar-refractivity contribution < 1.29 is 0 Å². The predicted octanol–water partition coefficient (Wildman–Crippen LogP) is 5.61. The second kappa shape index (κ2) is 7.02. The highest BCUT2D eigenvalue weighted by Crippen LogP contribution is 2.29. The van der Waals surface area contributed by atoms with E-state index in [1.807, 2.05) is 19.3 Å². The summed E-state index contributed by atoms with van der Waals surface area (Å²) in [5.41, 5.74) is 5.69. The molecule has 1 heterocycles. The zero-order valence-electron chi connectivity index (χ0n) is 15.3. The van der Waals surface area contributed by atoms with Crippen molar-refractivity contribution in [3.63, 3.8) is 0 Å². The van der Waals surface area contributed by atoms with E-state index in [0.29, 0.717) is 0 Å². The average molecular weight is 328 g/mol. The first-order chi connectivity index (χ1) is 12.0. The number of allylic oxidation sites excluding steroid dienone is 1. The van der Waals surface area contributed by atoms with E-state index >= 15 is 0 Å². The Hall–Kier alpha value is -2.74. The molecule has 0 spiro atoms. The third kappa shape index (κ3) is 3.53. The molecule has 0 saturated carbocycles. The lowest BCUT2D eigenvalue weighted by Gasteiger charge is -2.27. The lowest BCUT2D eigenvalue weighted by molar-refractivity contribution is 0.713. The summed E-state index contributed by atoms with van der Waals surface area (Å²) in [4.78, 5) is 8.95. The quantitative estimate of drug-likeness (QED) is 0.572. The molecule has 25 heavy (non-hydrogen) atoms. The Balaban J connectivity index is 1.93. The minimum Gasteiger partial charge on any atom is -0.292 e. The van der Waals surface area contributed by atoms with Crippen molar-refractivity contribution >= 4 is 22.7 Å². The van der Waals surface area contributed by atoms with Gasteiger partial charge in [-0.15, -0.1) is 0 Å². The zero-order valence-corrected chi connectivity index (χ0v) is 15.3. The average Bonchev–Trinajstić information content (AvgIpc) is 2.62. The lowest BCUT2D eigenvalue weighted by Crippen LogP contribution is -2.28. The maximum absolute atomic E-state index is 4.57. The first-order valence-electron chi connectivity index (χ1n) is 8.58. The van der Waals surface area contributed by atoms with Crippen LogP contribution in [0.4, 0.5) is 0 Å². The second-order valence-corrected chi connectivity index (χ2v) is 6.84. The molecule has 0 atom stereocenters. The molecule has 0 amide bonds. The fourth-order valence-electron chi connectivity index (χ4n) is 3.35. The maximum Gasteiger partial charge on any atom is 0.0702 e. The van der Waals surface area contributed by atoms with E-state index in [1.165, 1.54) is 11.1 Å². The van der Waals surface area contributed by atoms with Gasteiger partial charge in [0.15, 0.2) is 0 Å². The van der Waals surface area contributed by atoms with Gasteiger partial charge in [-0.25, -0.2) is 0 Å². The van der Waals surface area contributed by atoms with Gasteiger partial charge in [-0.1, -0.05) is 56.3 Å².